The van der Waals surface area contributed by atoms with Gasteiger partial charge in [-0.1, -0.05) is 30.3 Å². The van der Waals surface area contributed by atoms with Crippen LogP contribution in [-0.2, 0) is 9.53 Å². The Bertz CT molecular complexity index is 473. The molecule has 0 amide bonds. The largest absolute Gasteiger partial charge is 0.469 e. The topological polar surface area (TPSA) is 53.3 Å². The summed E-state index contributed by atoms with van der Waals surface area (Å²) in [7, 11) is 1.44. The first-order valence-corrected chi connectivity index (χ1v) is 7.00. The van der Waals surface area contributed by atoms with Gasteiger partial charge in [-0.25, -0.2) is 0 Å². The molecule has 1 aromatic carbocycles. The highest BCUT2D eigenvalue weighted by Crippen LogP contribution is 2.29. The van der Waals surface area contributed by atoms with Crippen LogP contribution in [0.1, 0.15) is 30.9 Å². The molecule has 1 heterocycles. The highest BCUT2D eigenvalue weighted by molar-refractivity contribution is 5.72. The van der Waals surface area contributed by atoms with Crippen LogP contribution in [0.25, 0.3) is 0 Å². The van der Waals surface area contributed by atoms with Crippen molar-refractivity contribution in [2.45, 2.75) is 25.3 Å². The van der Waals surface area contributed by atoms with Gasteiger partial charge >= 0.3 is 5.97 Å². The van der Waals surface area contributed by atoms with E-state index in [-0.39, 0.29) is 17.9 Å². The van der Waals surface area contributed by atoms with E-state index in [9.17, 15) is 4.79 Å². The molecule has 1 fully saturated rings. The molecule has 0 aliphatic carbocycles. The Labute approximate surface area is 120 Å². The molecule has 4 heteroatoms. The Hall–Kier alpha value is -1.86. The zero-order valence-electron chi connectivity index (χ0n) is 11.8. The fourth-order valence-electron chi connectivity index (χ4n) is 2.83. The third-order valence-electron chi connectivity index (χ3n) is 3.97. The number of methoxy groups -OCH3 is 1. The first-order valence-electron chi connectivity index (χ1n) is 7.00. The summed E-state index contributed by atoms with van der Waals surface area (Å²) in [6.07, 6.45) is 2.09. The van der Waals surface area contributed by atoms with Crippen molar-refractivity contribution in [3.8, 4) is 6.07 Å². The van der Waals surface area contributed by atoms with Gasteiger partial charge in [0.25, 0.3) is 0 Å². The zero-order valence-corrected chi connectivity index (χ0v) is 11.8. The van der Waals surface area contributed by atoms with Crippen molar-refractivity contribution in [3.05, 3.63) is 35.9 Å². The van der Waals surface area contributed by atoms with E-state index < -0.39 is 0 Å². The quantitative estimate of drug-likeness (QED) is 0.790. The summed E-state index contributed by atoms with van der Waals surface area (Å²) in [5.74, 6) is -0.101. The third kappa shape index (κ3) is 3.37. The number of hydrogen-bond acceptors (Lipinski definition) is 4. The summed E-state index contributed by atoms with van der Waals surface area (Å²) in [5.41, 5.74) is 1.17. The molecular formula is C16H20N2O2. The van der Waals surface area contributed by atoms with Gasteiger partial charge in [0.1, 0.15) is 0 Å². The summed E-state index contributed by atoms with van der Waals surface area (Å²) in [6.45, 7) is 1.67. The highest BCUT2D eigenvalue weighted by atomic mass is 16.5. The maximum absolute atomic E-state index is 11.5. The molecule has 0 aromatic heterocycles. The molecule has 1 aromatic rings. The number of nitrogens with zero attached hydrogens (tertiary/aromatic N) is 2. The van der Waals surface area contributed by atoms with E-state index in [1.165, 1.54) is 12.7 Å². The van der Waals surface area contributed by atoms with E-state index in [0.29, 0.717) is 6.42 Å². The van der Waals surface area contributed by atoms with Crippen LogP contribution >= 0.6 is 0 Å². The number of likely N-dealkylation sites (tertiary alicyclic amines) is 1. The lowest BCUT2D eigenvalue weighted by molar-refractivity contribution is -0.147. The standard InChI is InChI=1S/C16H20N2O2/c1-20-16(19)14-8-11-18(12-9-14)15(7-10-17)13-5-3-2-4-6-13/h2-6,14-15H,7-9,11-12H2,1H3. The van der Waals surface area contributed by atoms with Crippen molar-refractivity contribution in [1.82, 2.24) is 4.90 Å². The molecule has 0 spiro atoms. The van der Waals surface area contributed by atoms with E-state index in [1.54, 1.807) is 0 Å². The lowest BCUT2D eigenvalue weighted by Crippen LogP contribution is -2.39. The lowest BCUT2D eigenvalue weighted by atomic mass is 9.93. The summed E-state index contributed by atoms with van der Waals surface area (Å²) in [4.78, 5) is 13.8. The van der Waals surface area contributed by atoms with Crippen LogP contribution in [-0.4, -0.2) is 31.1 Å². The van der Waals surface area contributed by atoms with E-state index in [2.05, 4.69) is 23.1 Å². The van der Waals surface area contributed by atoms with Gasteiger partial charge in [0.2, 0.25) is 0 Å². The summed E-state index contributed by atoms with van der Waals surface area (Å²) in [5, 5.41) is 9.06. The van der Waals surface area contributed by atoms with Crippen LogP contribution in [0.4, 0.5) is 0 Å². The van der Waals surface area contributed by atoms with Gasteiger partial charge in [-0.3, -0.25) is 9.69 Å². The second-order valence-corrected chi connectivity index (χ2v) is 5.12. The van der Waals surface area contributed by atoms with Gasteiger partial charge in [-0.15, -0.1) is 0 Å². The first kappa shape index (κ1) is 14.5. The molecular weight excluding hydrogens is 252 g/mol. The predicted octanol–water partition coefficient (Wildman–Crippen LogP) is 2.53. The Morgan fingerprint density at radius 3 is 2.60 bits per heavy atom. The molecule has 1 aliphatic rings. The SMILES string of the molecule is COC(=O)C1CCN(C(CC#N)c2ccccc2)CC1. The summed E-state index contributed by atoms with van der Waals surface area (Å²) < 4.78 is 4.81. The number of piperidine rings is 1. The zero-order chi connectivity index (χ0) is 14.4. The fourth-order valence-corrected chi connectivity index (χ4v) is 2.83. The number of carbonyl (C=O) groups is 1. The summed E-state index contributed by atoms with van der Waals surface area (Å²) >= 11 is 0. The predicted molar refractivity (Wildman–Crippen MR) is 75.7 cm³/mol. The Balaban J connectivity index is 2.03. The monoisotopic (exact) mass is 272 g/mol. The van der Waals surface area contributed by atoms with Crippen molar-refractivity contribution < 1.29 is 9.53 Å². The Morgan fingerprint density at radius 2 is 2.05 bits per heavy atom. The second-order valence-electron chi connectivity index (χ2n) is 5.12. The number of ether oxygens (including phenoxy) is 1. The van der Waals surface area contributed by atoms with Crippen LogP contribution in [0.3, 0.4) is 0 Å². The molecule has 0 saturated carbocycles. The molecule has 1 saturated heterocycles. The van der Waals surface area contributed by atoms with Crippen molar-refractivity contribution in [1.29, 1.82) is 5.26 Å². The fraction of sp³-hybridized carbons (Fsp3) is 0.500. The van der Waals surface area contributed by atoms with E-state index in [4.69, 9.17) is 10.00 Å². The van der Waals surface area contributed by atoms with Crippen molar-refractivity contribution in [3.63, 3.8) is 0 Å². The highest BCUT2D eigenvalue weighted by Gasteiger charge is 2.29. The molecule has 0 radical (unpaired) electrons. The van der Waals surface area contributed by atoms with Gasteiger partial charge in [0.05, 0.1) is 25.5 Å². The Morgan fingerprint density at radius 1 is 1.40 bits per heavy atom. The molecule has 0 N–H and O–H groups in total. The minimum atomic E-state index is -0.110. The average molecular weight is 272 g/mol. The molecule has 1 atom stereocenters. The van der Waals surface area contributed by atoms with E-state index in [0.717, 1.165) is 25.9 Å². The lowest BCUT2D eigenvalue weighted by Gasteiger charge is -2.36. The van der Waals surface area contributed by atoms with Crippen LogP contribution in [0.2, 0.25) is 0 Å². The minimum absolute atomic E-state index is 0.00904. The van der Waals surface area contributed by atoms with Crippen molar-refractivity contribution >= 4 is 5.97 Å². The van der Waals surface area contributed by atoms with E-state index in [1.807, 2.05) is 18.2 Å². The van der Waals surface area contributed by atoms with Gasteiger partial charge in [-0.05, 0) is 31.5 Å². The van der Waals surface area contributed by atoms with Crippen LogP contribution in [0.5, 0.6) is 0 Å². The van der Waals surface area contributed by atoms with Crippen LogP contribution in [0, 0.1) is 17.2 Å². The van der Waals surface area contributed by atoms with Gasteiger partial charge in [0, 0.05) is 6.04 Å². The smallest absolute Gasteiger partial charge is 0.308 e. The number of rotatable bonds is 4. The maximum atomic E-state index is 11.5. The number of hydrogen-bond donors (Lipinski definition) is 0. The Kier molecular flexibility index (Phi) is 5.14. The second kappa shape index (κ2) is 7.06. The van der Waals surface area contributed by atoms with Gasteiger partial charge in [0.15, 0.2) is 0 Å². The van der Waals surface area contributed by atoms with Crippen LogP contribution in [0.15, 0.2) is 30.3 Å². The molecule has 0 bridgehead atoms. The molecule has 2 rings (SSSR count). The summed E-state index contributed by atoms with van der Waals surface area (Å²) in [6, 6.07) is 12.5. The molecule has 1 unspecified atom stereocenters. The van der Waals surface area contributed by atoms with Gasteiger partial charge < -0.3 is 4.74 Å². The normalized spacial score (nSPS) is 18.2. The number of benzene rings is 1. The maximum Gasteiger partial charge on any atom is 0.308 e. The van der Waals surface area contributed by atoms with Crippen LogP contribution < -0.4 is 0 Å². The van der Waals surface area contributed by atoms with Gasteiger partial charge in [-0.2, -0.15) is 5.26 Å². The minimum Gasteiger partial charge on any atom is -0.469 e. The first-order chi connectivity index (χ1) is 9.76. The average Bonchev–Trinajstić information content (AvgIpc) is 2.53. The molecule has 106 valence electrons. The molecule has 20 heavy (non-hydrogen) atoms. The third-order valence-corrected chi connectivity index (χ3v) is 3.97. The number of nitriles is 1. The van der Waals surface area contributed by atoms with Crippen molar-refractivity contribution in [2.24, 2.45) is 5.92 Å². The number of carbonyl (C=O) groups excluding carboxylic acids is 1. The van der Waals surface area contributed by atoms with E-state index >= 15 is 0 Å². The molecule has 4 nitrogen and oxygen atoms in total. The molecule has 1 aliphatic heterocycles. The number of esters is 1. The van der Waals surface area contributed by atoms with Crippen molar-refractivity contribution in [2.75, 3.05) is 20.2 Å².